The van der Waals surface area contributed by atoms with Gasteiger partial charge in [0.1, 0.15) is 16.6 Å². The predicted octanol–water partition coefficient (Wildman–Crippen LogP) is 0.755. The van der Waals surface area contributed by atoms with E-state index < -0.39 is 5.91 Å². The number of nitrogens with zero attached hydrogens (tertiary/aromatic N) is 2. The largest absolute Gasteiger partial charge is 0.494 e. The zero-order valence-electron chi connectivity index (χ0n) is 17.3. The Kier molecular flexibility index (Phi) is 4.75. The van der Waals surface area contributed by atoms with Gasteiger partial charge >= 0.3 is 0 Å². The summed E-state index contributed by atoms with van der Waals surface area (Å²) < 4.78 is 11.9. The fourth-order valence-corrected chi connectivity index (χ4v) is 3.91. The minimum Gasteiger partial charge on any atom is -0.494 e. The molecule has 33 heavy (non-hydrogen) atoms. The van der Waals surface area contributed by atoms with Gasteiger partial charge in [0.25, 0.3) is 12.4 Å². The van der Waals surface area contributed by atoms with E-state index in [-0.39, 0.29) is 11.8 Å². The maximum Gasteiger partial charge on any atom is 0.298 e. The van der Waals surface area contributed by atoms with E-state index in [9.17, 15) is 19.5 Å². The zero-order chi connectivity index (χ0) is 23.1. The van der Waals surface area contributed by atoms with E-state index in [1.54, 1.807) is 48.6 Å². The fourth-order valence-electron chi connectivity index (χ4n) is 3.91. The number of carbonyl (C=O) groups is 3. The molecule has 2 aromatic heterocycles. The van der Waals surface area contributed by atoms with Crippen molar-refractivity contribution in [2.24, 2.45) is 4.99 Å². The number of furan rings is 1. The summed E-state index contributed by atoms with van der Waals surface area (Å²) in [5.41, 5.74) is 2.24. The van der Waals surface area contributed by atoms with E-state index in [0.717, 1.165) is 0 Å². The van der Waals surface area contributed by atoms with E-state index in [2.05, 4.69) is 4.99 Å². The highest BCUT2D eigenvalue weighted by Crippen LogP contribution is 2.31. The van der Waals surface area contributed by atoms with Crippen LogP contribution in [-0.4, -0.2) is 28.0 Å². The van der Waals surface area contributed by atoms with Crippen molar-refractivity contribution in [1.29, 1.82) is 0 Å². The molecule has 0 bridgehead atoms. The average Bonchev–Trinajstić information content (AvgIpc) is 3.44. The number of para-hydroxylation sites is 1. The van der Waals surface area contributed by atoms with E-state index in [4.69, 9.17) is 9.15 Å². The molecule has 8 nitrogen and oxygen atoms in total. The summed E-state index contributed by atoms with van der Waals surface area (Å²) in [6.45, 7) is 1.68. The molecule has 1 aliphatic heterocycles. The first-order chi connectivity index (χ1) is 16.0. The van der Waals surface area contributed by atoms with Gasteiger partial charge in [-0.2, -0.15) is 0 Å². The van der Waals surface area contributed by atoms with Gasteiger partial charge in [0.2, 0.25) is 11.8 Å². The van der Waals surface area contributed by atoms with E-state index >= 15 is 0 Å². The number of hydrogen-bond acceptors (Lipinski definition) is 6. The lowest BCUT2D eigenvalue weighted by Gasteiger charge is -2.00. The topological polar surface area (TPSA) is 111 Å². The van der Waals surface area contributed by atoms with Crippen LogP contribution in [-0.2, 0) is 9.59 Å². The third kappa shape index (κ3) is 3.43. The first kappa shape index (κ1) is 20.2. The number of rotatable bonds is 4. The third-order valence-electron chi connectivity index (χ3n) is 5.32. The van der Waals surface area contributed by atoms with Crippen molar-refractivity contribution >= 4 is 46.9 Å². The SMILES string of the molecule is CC(=O)n1c(O)c(C=c2ccc(=CC3=c4ccc(OC=O)cc4=NC3=O)o2)c2ccccc21. The fraction of sp³-hybridized carbons (Fsp3) is 0.0400. The molecule has 0 spiro atoms. The van der Waals surface area contributed by atoms with Crippen molar-refractivity contribution in [2.75, 3.05) is 0 Å². The molecule has 1 N–H and O–H groups in total. The van der Waals surface area contributed by atoms with Crippen LogP contribution in [0, 0.1) is 0 Å². The second-order valence-corrected chi connectivity index (χ2v) is 7.36. The number of carbonyl (C=O) groups excluding carboxylic acids is 3. The Morgan fingerprint density at radius 1 is 1.09 bits per heavy atom. The quantitative estimate of drug-likeness (QED) is 0.469. The van der Waals surface area contributed by atoms with Gasteiger partial charge in [-0.05, 0) is 42.5 Å². The Hall–Kier alpha value is -4.72. The summed E-state index contributed by atoms with van der Waals surface area (Å²) in [5, 5.41) is 12.4. The molecule has 0 saturated heterocycles. The lowest BCUT2D eigenvalue weighted by atomic mass is 10.1. The first-order valence-electron chi connectivity index (χ1n) is 9.96. The lowest BCUT2D eigenvalue weighted by Crippen LogP contribution is -2.22. The van der Waals surface area contributed by atoms with Crippen molar-refractivity contribution < 1.29 is 28.6 Å². The van der Waals surface area contributed by atoms with Crippen LogP contribution in [0.4, 0.5) is 0 Å². The summed E-state index contributed by atoms with van der Waals surface area (Å²) in [5.74, 6) is -0.623. The number of aromatic hydroxyl groups is 1. The number of amides is 1. The van der Waals surface area contributed by atoms with Gasteiger partial charge in [-0.3, -0.25) is 19.0 Å². The molecule has 1 amide bonds. The van der Waals surface area contributed by atoms with Gasteiger partial charge in [-0.15, -0.1) is 0 Å². The summed E-state index contributed by atoms with van der Waals surface area (Å²) in [7, 11) is 0. The van der Waals surface area contributed by atoms with Crippen molar-refractivity contribution in [3.8, 4) is 11.6 Å². The van der Waals surface area contributed by atoms with E-state index in [1.165, 1.54) is 17.6 Å². The minimum absolute atomic E-state index is 0.174. The van der Waals surface area contributed by atoms with Crippen LogP contribution >= 0.6 is 0 Å². The molecule has 0 fully saturated rings. The highest BCUT2D eigenvalue weighted by Gasteiger charge is 2.18. The highest BCUT2D eigenvalue weighted by atomic mass is 16.5. The molecular weight excluding hydrogens is 424 g/mol. The Bertz CT molecular complexity index is 1720. The number of aromatic nitrogens is 1. The summed E-state index contributed by atoms with van der Waals surface area (Å²) in [6, 6.07) is 15.3. The normalized spacial score (nSPS) is 14.0. The van der Waals surface area contributed by atoms with Crippen LogP contribution in [0.15, 0.2) is 64.0 Å². The Balaban J connectivity index is 1.63. The molecular formula is C25H16N2O6. The van der Waals surface area contributed by atoms with Crippen LogP contribution < -0.4 is 26.1 Å². The molecule has 3 heterocycles. The van der Waals surface area contributed by atoms with Gasteiger partial charge in [0, 0.05) is 29.2 Å². The summed E-state index contributed by atoms with van der Waals surface area (Å²) in [4.78, 5) is 38.9. The molecule has 8 heteroatoms. The van der Waals surface area contributed by atoms with Crippen LogP contribution in [0.3, 0.4) is 0 Å². The van der Waals surface area contributed by atoms with E-state index in [1.807, 2.05) is 12.1 Å². The number of fused-ring (bicyclic) bond motifs is 2. The van der Waals surface area contributed by atoms with Crippen LogP contribution in [0.1, 0.15) is 17.3 Å². The molecule has 0 saturated carbocycles. The Labute approximate surface area is 185 Å². The molecule has 162 valence electrons. The zero-order valence-corrected chi connectivity index (χ0v) is 17.3. The van der Waals surface area contributed by atoms with Crippen molar-refractivity contribution in [2.45, 2.75) is 6.92 Å². The van der Waals surface area contributed by atoms with Gasteiger partial charge in [0.15, 0.2) is 0 Å². The first-order valence-corrected chi connectivity index (χ1v) is 9.96. The molecule has 0 atom stereocenters. The molecule has 4 aromatic rings. The smallest absolute Gasteiger partial charge is 0.298 e. The summed E-state index contributed by atoms with van der Waals surface area (Å²) in [6.07, 6.45) is 3.21. The molecule has 5 rings (SSSR count). The van der Waals surface area contributed by atoms with E-state index in [0.29, 0.717) is 55.7 Å². The second-order valence-electron chi connectivity index (χ2n) is 7.36. The van der Waals surface area contributed by atoms with Gasteiger partial charge in [0.05, 0.1) is 16.4 Å². The average molecular weight is 440 g/mol. The predicted molar refractivity (Wildman–Crippen MR) is 118 cm³/mol. The monoisotopic (exact) mass is 440 g/mol. The minimum atomic E-state index is -0.433. The molecule has 1 aliphatic rings. The molecule has 0 radical (unpaired) electrons. The lowest BCUT2D eigenvalue weighted by molar-refractivity contribution is -0.120. The van der Waals surface area contributed by atoms with Gasteiger partial charge in [-0.25, -0.2) is 4.99 Å². The number of hydrogen-bond donors (Lipinski definition) is 1. The maximum atomic E-state index is 12.4. The molecule has 2 aromatic carbocycles. The van der Waals surface area contributed by atoms with Gasteiger partial charge in [-0.1, -0.05) is 18.2 Å². The van der Waals surface area contributed by atoms with Crippen molar-refractivity contribution in [3.63, 3.8) is 0 Å². The second kappa shape index (κ2) is 7.76. The van der Waals surface area contributed by atoms with Crippen LogP contribution in [0.25, 0.3) is 28.6 Å². The summed E-state index contributed by atoms with van der Waals surface area (Å²) >= 11 is 0. The van der Waals surface area contributed by atoms with Gasteiger partial charge < -0.3 is 14.3 Å². The molecule has 0 unspecified atom stereocenters. The number of ether oxygens (including phenoxy) is 1. The Morgan fingerprint density at radius 3 is 2.61 bits per heavy atom. The maximum absolute atomic E-state index is 12.4. The van der Waals surface area contributed by atoms with Crippen molar-refractivity contribution in [3.05, 3.63) is 81.6 Å². The van der Waals surface area contributed by atoms with Crippen LogP contribution in [0.2, 0.25) is 0 Å². The van der Waals surface area contributed by atoms with Crippen LogP contribution in [0.5, 0.6) is 11.6 Å². The Morgan fingerprint density at radius 2 is 1.85 bits per heavy atom. The van der Waals surface area contributed by atoms with Crippen molar-refractivity contribution in [1.82, 2.24) is 4.57 Å². The standard InChI is InChI=1S/C25H16N2O6/c1-14(29)27-23-5-3-2-4-19(23)21(25(27)31)11-17-7-6-16(33-17)10-20-18-9-8-15(32-13-28)12-22(18)26-24(20)30/h2-13,31H,1H3. The third-order valence-corrected chi connectivity index (χ3v) is 5.32. The number of benzene rings is 2. The highest BCUT2D eigenvalue weighted by molar-refractivity contribution is 6.24. The molecule has 0 aliphatic carbocycles.